The number of likely N-dealkylation sites (tertiary alicyclic amines) is 1. The second-order valence-corrected chi connectivity index (χ2v) is 4.85. The Kier molecular flexibility index (Phi) is 4.36. The highest BCUT2D eigenvalue weighted by molar-refractivity contribution is 5.91. The molecule has 2 heterocycles. The number of amides is 1. The predicted molar refractivity (Wildman–Crippen MR) is 68.5 cm³/mol. The van der Waals surface area contributed by atoms with Gasteiger partial charge in [-0.1, -0.05) is 12.1 Å². The summed E-state index contributed by atoms with van der Waals surface area (Å²) in [4.78, 5) is 14.3. The number of hydrogen-bond donors (Lipinski definition) is 1. The van der Waals surface area contributed by atoms with Gasteiger partial charge in [0, 0.05) is 18.7 Å². The minimum atomic E-state index is -0.173. The van der Waals surface area contributed by atoms with E-state index in [2.05, 4.69) is 22.3 Å². The Morgan fingerprint density at radius 2 is 2.28 bits per heavy atom. The second kappa shape index (κ2) is 6.00. The predicted octanol–water partition coefficient (Wildman–Crippen LogP) is 1.59. The van der Waals surface area contributed by atoms with E-state index in [9.17, 15) is 4.79 Å². The lowest BCUT2D eigenvalue weighted by atomic mass is 10.2. The normalized spacial score (nSPS) is 17.9. The highest BCUT2D eigenvalue weighted by Crippen LogP contribution is 2.13. The first kappa shape index (κ1) is 13.1. The number of carbonyl (C=O) groups excluding carboxylic acids is 1. The molecule has 1 fully saturated rings. The summed E-state index contributed by atoms with van der Waals surface area (Å²) >= 11 is 0. The van der Waals surface area contributed by atoms with Gasteiger partial charge in [-0.3, -0.25) is 9.69 Å². The van der Waals surface area contributed by atoms with Gasteiger partial charge in [0.1, 0.15) is 0 Å². The molecule has 1 N–H and O–H groups in total. The highest BCUT2D eigenvalue weighted by atomic mass is 16.5. The molecule has 2 rings (SSSR count). The summed E-state index contributed by atoms with van der Waals surface area (Å²) in [6, 6.07) is 2.09. The highest BCUT2D eigenvalue weighted by Gasteiger charge is 2.21. The number of hydrogen-bond acceptors (Lipinski definition) is 4. The number of rotatable bonds is 5. The van der Waals surface area contributed by atoms with E-state index in [1.807, 2.05) is 0 Å². The van der Waals surface area contributed by atoms with Crippen LogP contribution in [-0.2, 0) is 0 Å². The molecule has 1 aliphatic heterocycles. The fourth-order valence-electron chi connectivity index (χ4n) is 2.41. The smallest absolute Gasteiger partial charge is 0.289 e. The van der Waals surface area contributed by atoms with Crippen molar-refractivity contribution in [2.45, 2.75) is 39.2 Å². The van der Waals surface area contributed by atoms with Gasteiger partial charge in [0.25, 0.3) is 5.91 Å². The molecule has 1 aliphatic rings. The van der Waals surface area contributed by atoms with Gasteiger partial charge in [0.15, 0.2) is 0 Å². The van der Waals surface area contributed by atoms with Crippen molar-refractivity contribution in [3.63, 3.8) is 0 Å². The summed E-state index contributed by atoms with van der Waals surface area (Å²) in [5.41, 5.74) is 0.728. The molecule has 0 saturated carbocycles. The van der Waals surface area contributed by atoms with E-state index in [0.29, 0.717) is 18.3 Å². The van der Waals surface area contributed by atoms with Crippen LogP contribution in [0, 0.1) is 6.92 Å². The van der Waals surface area contributed by atoms with Crippen molar-refractivity contribution in [3.05, 3.63) is 17.5 Å². The van der Waals surface area contributed by atoms with Crippen molar-refractivity contribution in [2.75, 3.05) is 19.6 Å². The first-order valence-corrected chi connectivity index (χ1v) is 6.66. The van der Waals surface area contributed by atoms with E-state index >= 15 is 0 Å². The van der Waals surface area contributed by atoms with E-state index < -0.39 is 0 Å². The molecule has 18 heavy (non-hydrogen) atoms. The first-order valence-electron chi connectivity index (χ1n) is 6.66. The third kappa shape index (κ3) is 3.10. The average molecular weight is 251 g/mol. The van der Waals surface area contributed by atoms with E-state index in [4.69, 9.17) is 4.52 Å². The van der Waals surface area contributed by atoms with Gasteiger partial charge >= 0.3 is 0 Å². The number of nitrogens with zero attached hydrogens (tertiary/aromatic N) is 2. The van der Waals surface area contributed by atoms with Crippen LogP contribution >= 0.6 is 0 Å². The van der Waals surface area contributed by atoms with Crippen LogP contribution in [0.5, 0.6) is 0 Å². The number of aromatic nitrogens is 1. The molecular weight excluding hydrogens is 230 g/mol. The van der Waals surface area contributed by atoms with Crippen molar-refractivity contribution in [2.24, 2.45) is 0 Å². The van der Waals surface area contributed by atoms with Gasteiger partial charge in [0.05, 0.1) is 5.69 Å². The van der Waals surface area contributed by atoms with Crippen LogP contribution in [0.2, 0.25) is 0 Å². The molecule has 5 heteroatoms. The molecule has 1 aromatic rings. The van der Waals surface area contributed by atoms with Crippen LogP contribution in [0.3, 0.4) is 0 Å². The Bertz CT molecular complexity index is 397. The van der Waals surface area contributed by atoms with E-state index in [-0.39, 0.29) is 5.91 Å². The van der Waals surface area contributed by atoms with Crippen molar-refractivity contribution in [1.82, 2.24) is 15.4 Å². The Morgan fingerprint density at radius 1 is 1.56 bits per heavy atom. The summed E-state index contributed by atoms with van der Waals surface area (Å²) < 4.78 is 4.94. The second-order valence-electron chi connectivity index (χ2n) is 4.85. The van der Waals surface area contributed by atoms with Crippen LogP contribution in [-0.4, -0.2) is 41.6 Å². The molecule has 1 amide bonds. The Hall–Kier alpha value is -1.36. The number of carbonyl (C=O) groups is 1. The number of nitrogens with one attached hydrogen (secondary N) is 1. The summed E-state index contributed by atoms with van der Waals surface area (Å²) in [6.07, 6.45) is 3.59. The van der Waals surface area contributed by atoms with E-state index in [1.165, 1.54) is 12.8 Å². The molecular formula is C13H21N3O2. The van der Waals surface area contributed by atoms with Gasteiger partial charge in [-0.05, 0) is 39.3 Å². The van der Waals surface area contributed by atoms with Crippen LogP contribution in [0.25, 0.3) is 0 Å². The minimum Gasteiger partial charge on any atom is -0.351 e. The fourth-order valence-corrected chi connectivity index (χ4v) is 2.41. The third-order valence-electron chi connectivity index (χ3n) is 3.48. The molecule has 100 valence electrons. The molecule has 1 unspecified atom stereocenters. The maximum absolute atomic E-state index is 11.8. The van der Waals surface area contributed by atoms with Gasteiger partial charge in [0.2, 0.25) is 5.76 Å². The monoisotopic (exact) mass is 251 g/mol. The van der Waals surface area contributed by atoms with Crippen molar-refractivity contribution < 1.29 is 9.32 Å². The molecule has 5 nitrogen and oxygen atoms in total. The quantitative estimate of drug-likeness (QED) is 0.863. The molecule has 0 radical (unpaired) electrons. The number of aryl methyl sites for hydroxylation is 1. The summed E-state index contributed by atoms with van der Waals surface area (Å²) in [5.74, 6) is 0.122. The Morgan fingerprint density at radius 3 is 2.83 bits per heavy atom. The lowest BCUT2D eigenvalue weighted by Gasteiger charge is -2.26. The Labute approximate surface area is 108 Å². The standard InChI is InChI=1S/C13H21N3O2/c1-3-11(16-6-4-5-7-16)9-14-13(17)12-8-10(2)15-18-12/h8,11H,3-7,9H2,1-2H3,(H,14,17). The fraction of sp³-hybridized carbons (Fsp3) is 0.692. The average Bonchev–Trinajstić information content (AvgIpc) is 3.01. The zero-order chi connectivity index (χ0) is 13.0. The molecule has 0 aromatic carbocycles. The summed E-state index contributed by atoms with van der Waals surface area (Å²) in [7, 11) is 0. The van der Waals surface area contributed by atoms with Crippen molar-refractivity contribution in [3.8, 4) is 0 Å². The topological polar surface area (TPSA) is 58.4 Å². The van der Waals surface area contributed by atoms with Crippen LogP contribution in [0.4, 0.5) is 0 Å². The van der Waals surface area contributed by atoms with Crippen molar-refractivity contribution in [1.29, 1.82) is 0 Å². The van der Waals surface area contributed by atoms with Gasteiger partial charge in [-0.25, -0.2) is 0 Å². The summed E-state index contributed by atoms with van der Waals surface area (Å²) in [5, 5.41) is 6.64. The molecule has 0 spiro atoms. The molecule has 0 aliphatic carbocycles. The largest absolute Gasteiger partial charge is 0.351 e. The van der Waals surface area contributed by atoms with E-state index in [0.717, 1.165) is 25.2 Å². The first-order chi connectivity index (χ1) is 8.70. The van der Waals surface area contributed by atoms with Crippen molar-refractivity contribution >= 4 is 5.91 Å². The molecule has 1 aromatic heterocycles. The van der Waals surface area contributed by atoms with Crippen LogP contribution in [0.1, 0.15) is 42.4 Å². The molecule has 0 bridgehead atoms. The summed E-state index contributed by atoms with van der Waals surface area (Å²) in [6.45, 7) is 6.94. The van der Waals surface area contributed by atoms with Crippen LogP contribution in [0.15, 0.2) is 10.6 Å². The Balaban J connectivity index is 1.84. The van der Waals surface area contributed by atoms with E-state index in [1.54, 1.807) is 13.0 Å². The maximum Gasteiger partial charge on any atom is 0.289 e. The maximum atomic E-state index is 11.8. The van der Waals surface area contributed by atoms with Crippen LogP contribution < -0.4 is 5.32 Å². The SMILES string of the molecule is CCC(CNC(=O)c1cc(C)no1)N1CCCC1. The zero-order valence-electron chi connectivity index (χ0n) is 11.1. The molecule has 1 saturated heterocycles. The molecule has 1 atom stereocenters. The lowest BCUT2D eigenvalue weighted by Crippen LogP contribution is -2.42. The lowest BCUT2D eigenvalue weighted by molar-refractivity contribution is 0.0900. The minimum absolute atomic E-state index is 0.173. The zero-order valence-corrected chi connectivity index (χ0v) is 11.1. The van der Waals surface area contributed by atoms with Gasteiger partial charge in [-0.2, -0.15) is 0 Å². The van der Waals surface area contributed by atoms with Gasteiger partial charge < -0.3 is 9.84 Å². The third-order valence-corrected chi connectivity index (χ3v) is 3.48. The van der Waals surface area contributed by atoms with Gasteiger partial charge in [-0.15, -0.1) is 0 Å².